The van der Waals surface area contributed by atoms with Crippen molar-refractivity contribution in [1.29, 1.82) is 0 Å². The van der Waals surface area contributed by atoms with Gasteiger partial charge >= 0.3 is 6.18 Å². The molecule has 0 spiro atoms. The highest BCUT2D eigenvalue weighted by Gasteiger charge is 2.30. The Morgan fingerprint density at radius 2 is 1.71 bits per heavy atom. The second-order valence-corrected chi connectivity index (χ2v) is 6.94. The molecule has 0 saturated heterocycles. The predicted octanol–water partition coefficient (Wildman–Crippen LogP) is 4.71. The van der Waals surface area contributed by atoms with Gasteiger partial charge in [-0.2, -0.15) is 18.3 Å². The second-order valence-electron chi connectivity index (χ2n) is 6.94. The van der Waals surface area contributed by atoms with Crippen LogP contribution in [0.5, 0.6) is 11.5 Å². The van der Waals surface area contributed by atoms with Gasteiger partial charge in [0.2, 0.25) is 5.91 Å². The van der Waals surface area contributed by atoms with Crippen LogP contribution in [0.4, 0.5) is 18.9 Å². The summed E-state index contributed by atoms with van der Waals surface area (Å²) in [6, 6.07) is 9.91. The van der Waals surface area contributed by atoms with Crippen molar-refractivity contribution in [3.63, 3.8) is 0 Å². The molecule has 2 aromatic carbocycles. The lowest BCUT2D eigenvalue weighted by Gasteiger charge is -2.11. The van der Waals surface area contributed by atoms with Crippen molar-refractivity contribution in [2.24, 2.45) is 0 Å². The minimum Gasteiger partial charge on any atom is -0.497 e. The summed E-state index contributed by atoms with van der Waals surface area (Å²) in [5, 5.41) is 7.14. The Kier molecular flexibility index (Phi) is 6.24. The third-order valence-electron chi connectivity index (χ3n) is 4.83. The first-order valence-corrected chi connectivity index (χ1v) is 9.38. The normalized spacial score (nSPS) is 11.3. The number of hydrogen-bond acceptors (Lipinski definition) is 4. The maximum Gasteiger partial charge on any atom is 0.416 e. The van der Waals surface area contributed by atoms with Crippen LogP contribution in [0.3, 0.4) is 0 Å². The number of hydrogen-bond donors (Lipinski definition) is 1. The van der Waals surface area contributed by atoms with Gasteiger partial charge in [0.25, 0.3) is 0 Å². The van der Waals surface area contributed by atoms with Crippen LogP contribution in [-0.4, -0.2) is 29.9 Å². The van der Waals surface area contributed by atoms with Crippen LogP contribution in [0.1, 0.15) is 22.5 Å². The lowest BCUT2D eigenvalue weighted by Crippen LogP contribution is -2.15. The molecule has 3 rings (SSSR count). The van der Waals surface area contributed by atoms with Crippen LogP contribution in [-0.2, 0) is 17.4 Å². The van der Waals surface area contributed by atoms with Crippen LogP contribution in [0, 0.1) is 13.8 Å². The number of amides is 1. The van der Waals surface area contributed by atoms with Crippen molar-refractivity contribution in [3.8, 4) is 17.2 Å². The summed E-state index contributed by atoms with van der Waals surface area (Å²) in [6.45, 7) is 3.44. The number of nitrogens with one attached hydrogen (secondary N) is 1. The van der Waals surface area contributed by atoms with Gasteiger partial charge in [0.1, 0.15) is 11.5 Å². The van der Waals surface area contributed by atoms with Crippen molar-refractivity contribution >= 4 is 11.6 Å². The third kappa shape index (κ3) is 4.99. The van der Waals surface area contributed by atoms with Gasteiger partial charge < -0.3 is 14.8 Å². The van der Waals surface area contributed by atoms with Crippen LogP contribution in [0.25, 0.3) is 5.69 Å². The molecule has 1 amide bonds. The highest BCUT2D eigenvalue weighted by Crippen LogP contribution is 2.31. The van der Waals surface area contributed by atoms with Gasteiger partial charge in [0.05, 0.1) is 37.6 Å². The number of rotatable bonds is 6. The number of halogens is 3. The SMILES string of the molecule is COc1cc(NC(=O)Cc2c(C)nn(-c3cccc(C(F)(F)F)c3)c2C)cc(OC)c1. The Labute approximate surface area is 177 Å². The number of nitrogens with zero attached hydrogens (tertiary/aromatic N) is 2. The smallest absolute Gasteiger partial charge is 0.416 e. The Morgan fingerprint density at radius 1 is 1.06 bits per heavy atom. The Bertz CT molecular complexity index is 1080. The number of aromatic nitrogens is 2. The van der Waals surface area contributed by atoms with E-state index in [-0.39, 0.29) is 18.0 Å². The van der Waals surface area contributed by atoms with E-state index < -0.39 is 11.7 Å². The van der Waals surface area contributed by atoms with Crippen molar-refractivity contribution in [2.45, 2.75) is 26.4 Å². The molecule has 0 bridgehead atoms. The zero-order chi connectivity index (χ0) is 22.8. The van der Waals surface area contributed by atoms with E-state index in [2.05, 4.69) is 10.4 Å². The number of aryl methyl sites for hydroxylation is 1. The minimum absolute atomic E-state index is 0.0101. The molecule has 0 radical (unpaired) electrons. The summed E-state index contributed by atoms with van der Waals surface area (Å²) >= 11 is 0. The third-order valence-corrected chi connectivity index (χ3v) is 4.83. The van der Waals surface area contributed by atoms with Crippen LogP contribution in [0.2, 0.25) is 0 Å². The average molecular weight is 433 g/mol. The van der Waals surface area contributed by atoms with Crippen LogP contribution >= 0.6 is 0 Å². The van der Waals surface area contributed by atoms with E-state index in [0.717, 1.165) is 12.1 Å². The molecular weight excluding hydrogens is 411 g/mol. The highest BCUT2D eigenvalue weighted by molar-refractivity contribution is 5.93. The first-order chi connectivity index (χ1) is 14.6. The molecule has 1 N–H and O–H groups in total. The van der Waals surface area contributed by atoms with Gasteiger partial charge in [-0.05, 0) is 32.0 Å². The van der Waals surface area contributed by atoms with Gasteiger partial charge in [-0.3, -0.25) is 4.79 Å². The molecule has 6 nitrogen and oxygen atoms in total. The molecule has 1 aromatic heterocycles. The Balaban J connectivity index is 1.84. The van der Waals surface area contributed by atoms with Gasteiger partial charge in [-0.1, -0.05) is 6.07 Å². The van der Waals surface area contributed by atoms with Gasteiger partial charge in [0.15, 0.2) is 0 Å². The maximum atomic E-state index is 13.1. The lowest BCUT2D eigenvalue weighted by molar-refractivity contribution is -0.137. The number of carbonyl (C=O) groups is 1. The van der Waals surface area contributed by atoms with Crippen LogP contribution < -0.4 is 14.8 Å². The zero-order valence-corrected chi connectivity index (χ0v) is 17.5. The largest absolute Gasteiger partial charge is 0.497 e. The monoisotopic (exact) mass is 433 g/mol. The van der Waals surface area contributed by atoms with Crippen molar-refractivity contribution in [1.82, 2.24) is 9.78 Å². The molecular formula is C22H22F3N3O3. The topological polar surface area (TPSA) is 65.4 Å². The molecule has 9 heteroatoms. The molecule has 0 unspecified atom stereocenters. The first kappa shape index (κ1) is 22.2. The van der Waals surface area contributed by atoms with E-state index in [4.69, 9.17) is 9.47 Å². The number of alkyl halides is 3. The fourth-order valence-electron chi connectivity index (χ4n) is 3.24. The van der Waals surface area contributed by atoms with E-state index in [1.807, 2.05) is 0 Å². The maximum absolute atomic E-state index is 13.1. The molecule has 0 saturated carbocycles. The molecule has 0 atom stereocenters. The summed E-state index contributed by atoms with van der Waals surface area (Å²) in [6.07, 6.45) is -4.44. The second kappa shape index (κ2) is 8.71. The van der Waals surface area contributed by atoms with Gasteiger partial charge in [-0.15, -0.1) is 0 Å². The molecule has 164 valence electrons. The molecule has 0 aliphatic rings. The number of carbonyl (C=O) groups excluding carboxylic acids is 1. The number of methoxy groups -OCH3 is 2. The standard InChI is InChI=1S/C22H22F3N3O3/c1-13-20(12-21(29)26-16-9-18(30-3)11-19(10-16)31-4)14(2)28(27-13)17-7-5-6-15(8-17)22(23,24)25/h5-11H,12H2,1-4H3,(H,26,29). The van der Waals surface area contributed by atoms with Crippen molar-refractivity contribution in [2.75, 3.05) is 19.5 Å². The minimum atomic E-state index is -4.45. The van der Waals surface area contributed by atoms with Gasteiger partial charge in [-0.25, -0.2) is 4.68 Å². The Hall–Kier alpha value is -3.49. The van der Waals surface area contributed by atoms with Crippen LogP contribution in [0.15, 0.2) is 42.5 Å². The molecule has 0 aliphatic carbocycles. The van der Waals surface area contributed by atoms with E-state index in [9.17, 15) is 18.0 Å². The number of ether oxygens (including phenoxy) is 2. The average Bonchev–Trinajstić information content (AvgIpc) is 3.01. The van der Waals surface area contributed by atoms with Crippen molar-refractivity contribution in [3.05, 3.63) is 65.0 Å². The molecule has 31 heavy (non-hydrogen) atoms. The fourth-order valence-corrected chi connectivity index (χ4v) is 3.24. The van der Waals surface area contributed by atoms with Crippen molar-refractivity contribution < 1.29 is 27.4 Å². The molecule has 1 heterocycles. The fraction of sp³-hybridized carbons (Fsp3) is 0.273. The summed E-state index contributed by atoms with van der Waals surface area (Å²) < 4.78 is 51.0. The summed E-state index contributed by atoms with van der Waals surface area (Å²) in [5.74, 6) is 0.754. The van der Waals surface area contributed by atoms with E-state index in [1.54, 1.807) is 38.1 Å². The molecule has 3 aromatic rings. The molecule has 0 aliphatic heterocycles. The lowest BCUT2D eigenvalue weighted by atomic mass is 10.1. The first-order valence-electron chi connectivity index (χ1n) is 9.38. The number of anilines is 1. The zero-order valence-electron chi connectivity index (χ0n) is 17.5. The van der Waals surface area contributed by atoms with E-state index in [1.165, 1.54) is 25.0 Å². The molecule has 0 fully saturated rings. The highest BCUT2D eigenvalue weighted by atomic mass is 19.4. The summed E-state index contributed by atoms with van der Waals surface area (Å²) in [7, 11) is 3.02. The quantitative estimate of drug-likeness (QED) is 0.612. The number of benzene rings is 2. The summed E-state index contributed by atoms with van der Waals surface area (Å²) in [4.78, 5) is 12.6. The summed E-state index contributed by atoms with van der Waals surface area (Å²) in [5.41, 5.74) is 1.82. The van der Waals surface area contributed by atoms with E-state index in [0.29, 0.717) is 34.1 Å². The van der Waals surface area contributed by atoms with E-state index >= 15 is 0 Å². The van der Waals surface area contributed by atoms with Gasteiger partial charge in [0, 0.05) is 35.1 Å². The predicted molar refractivity (Wildman–Crippen MR) is 110 cm³/mol. The Morgan fingerprint density at radius 3 is 2.29 bits per heavy atom.